The van der Waals surface area contributed by atoms with E-state index in [1.807, 2.05) is 0 Å². The summed E-state index contributed by atoms with van der Waals surface area (Å²) in [5.41, 5.74) is 1.24. The SMILES string of the molecule is Cn1c2c(c3ccccc31)CCCC2NS(=O)(=O)C(F)(F)C(F)(F)C(F)(F)C(F)(F)F. The number of sulfonamides is 1. The van der Waals surface area contributed by atoms with E-state index in [4.69, 9.17) is 0 Å². The zero-order valence-electron chi connectivity index (χ0n) is 15.6. The van der Waals surface area contributed by atoms with E-state index in [9.17, 15) is 47.9 Å². The molecule has 1 aliphatic rings. The second-order valence-corrected chi connectivity index (χ2v) is 8.92. The van der Waals surface area contributed by atoms with E-state index >= 15 is 0 Å². The Hall–Kier alpha value is -1.96. The molecule has 0 spiro atoms. The van der Waals surface area contributed by atoms with Gasteiger partial charge in [0, 0.05) is 23.6 Å². The number of hydrogen-bond acceptors (Lipinski definition) is 2. The molecule has 2 aromatic rings. The van der Waals surface area contributed by atoms with Crippen LogP contribution in [-0.2, 0) is 23.5 Å². The lowest BCUT2D eigenvalue weighted by Gasteiger charge is -2.34. The molecule has 3 rings (SSSR count). The highest BCUT2D eigenvalue weighted by atomic mass is 32.2. The number of benzene rings is 1. The van der Waals surface area contributed by atoms with E-state index < -0.39 is 39.3 Å². The molecule has 0 amide bonds. The number of aromatic nitrogens is 1. The Kier molecular flexibility index (Phi) is 5.37. The van der Waals surface area contributed by atoms with Gasteiger partial charge in [-0.3, -0.25) is 0 Å². The van der Waals surface area contributed by atoms with E-state index in [2.05, 4.69) is 0 Å². The van der Waals surface area contributed by atoms with Gasteiger partial charge in [-0.25, -0.2) is 13.1 Å². The number of fused-ring (bicyclic) bond motifs is 3. The van der Waals surface area contributed by atoms with Crippen LogP contribution in [0, 0.1) is 0 Å². The quantitative estimate of drug-likeness (QED) is 0.617. The van der Waals surface area contributed by atoms with Crippen LogP contribution < -0.4 is 4.72 Å². The van der Waals surface area contributed by atoms with Gasteiger partial charge >= 0.3 is 23.3 Å². The average molecular weight is 482 g/mol. The third-order valence-electron chi connectivity index (χ3n) is 5.26. The monoisotopic (exact) mass is 482 g/mol. The first-order valence-corrected chi connectivity index (χ1v) is 10.2. The van der Waals surface area contributed by atoms with Crippen LogP contribution >= 0.6 is 0 Å². The minimum atomic E-state index is -7.30. The van der Waals surface area contributed by atoms with Crippen molar-refractivity contribution >= 4 is 20.9 Å². The van der Waals surface area contributed by atoms with Gasteiger partial charge in [0.1, 0.15) is 0 Å². The van der Waals surface area contributed by atoms with E-state index in [0.29, 0.717) is 22.9 Å². The van der Waals surface area contributed by atoms with Gasteiger partial charge < -0.3 is 4.57 Å². The van der Waals surface area contributed by atoms with Gasteiger partial charge in [-0.1, -0.05) is 18.2 Å². The van der Waals surface area contributed by atoms with E-state index in [1.54, 1.807) is 24.3 Å². The van der Waals surface area contributed by atoms with Crippen LogP contribution in [0.5, 0.6) is 0 Å². The second kappa shape index (κ2) is 7.02. The van der Waals surface area contributed by atoms with Crippen molar-refractivity contribution in [2.45, 2.75) is 48.6 Å². The largest absolute Gasteiger partial charge is 0.460 e. The van der Waals surface area contributed by atoms with Crippen LogP contribution in [0.15, 0.2) is 24.3 Å². The zero-order valence-corrected chi connectivity index (χ0v) is 16.4. The second-order valence-electron chi connectivity index (χ2n) is 7.17. The van der Waals surface area contributed by atoms with Crippen molar-refractivity contribution in [1.82, 2.24) is 9.29 Å². The van der Waals surface area contributed by atoms with Crippen molar-refractivity contribution in [3.8, 4) is 0 Å². The lowest BCUT2D eigenvalue weighted by molar-refractivity contribution is -0.382. The van der Waals surface area contributed by atoms with Gasteiger partial charge in [-0.2, -0.15) is 39.5 Å². The first kappa shape index (κ1) is 23.7. The number of aryl methyl sites for hydroxylation is 2. The fourth-order valence-electron chi connectivity index (χ4n) is 3.72. The molecule has 1 heterocycles. The van der Waals surface area contributed by atoms with Crippen molar-refractivity contribution < 1.29 is 47.9 Å². The molecule has 0 bridgehead atoms. The van der Waals surface area contributed by atoms with Gasteiger partial charge in [-0.05, 0) is 30.9 Å². The fraction of sp³-hybridized carbons (Fsp3) is 0.529. The summed E-state index contributed by atoms with van der Waals surface area (Å²) in [6.07, 6.45) is -6.64. The van der Waals surface area contributed by atoms with Crippen LogP contribution in [0.4, 0.5) is 39.5 Å². The zero-order chi connectivity index (χ0) is 23.6. The maximum Gasteiger partial charge on any atom is 0.460 e. The highest BCUT2D eigenvalue weighted by Gasteiger charge is 2.85. The molecule has 31 heavy (non-hydrogen) atoms. The van der Waals surface area contributed by atoms with Gasteiger partial charge in [0.2, 0.25) is 0 Å². The van der Waals surface area contributed by atoms with Gasteiger partial charge in [0.25, 0.3) is 10.0 Å². The molecule has 0 radical (unpaired) electrons. The molecular formula is C17H15F9N2O2S. The lowest BCUT2D eigenvalue weighted by atomic mass is 9.92. The number of alkyl halides is 9. The summed E-state index contributed by atoms with van der Waals surface area (Å²) in [6.45, 7) is 0. The van der Waals surface area contributed by atoms with Crippen LogP contribution in [0.25, 0.3) is 10.9 Å². The number of hydrogen-bond donors (Lipinski definition) is 1. The molecule has 1 aliphatic carbocycles. The van der Waals surface area contributed by atoms with Crippen LogP contribution in [-0.4, -0.2) is 36.3 Å². The third kappa shape index (κ3) is 3.29. The highest BCUT2D eigenvalue weighted by Crippen LogP contribution is 2.54. The van der Waals surface area contributed by atoms with E-state index in [1.165, 1.54) is 16.3 Å². The van der Waals surface area contributed by atoms with Gasteiger partial charge in [-0.15, -0.1) is 0 Å². The third-order valence-corrected chi connectivity index (χ3v) is 6.79. The minimum Gasteiger partial charge on any atom is -0.346 e. The molecule has 174 valence electrons. The molecule has 1 atom stereocenters. The lowest BCUT2D eigenvalue weighted by Crippen LogP contribution is -2.65. The van der Waals surface area contributed by atoms with Crippen molar-refractivity contribution in [3.05, 3.63) is 35.5 Å². The van der Waals surface area contributed by atoms with Crippen LogP contribution in [0.3, 0.4) is 0 Å². The molecule has 1 aromatic carbocycles. The number of nitrogens with zero attached hydrogens (tertiary/aromatic N) is 1. The first-order valence-electron chi connectivity index (χ1n) is 8.75. The fourth-order valence-corrected chi connectivity index (χ4v) is 4.94. The van der Waals surface area contributed by atoms with Crippen molar-refractivity contribution in [2.75, 3.05) is 0 Å². The number of rotatable bonds is 5. The summed E-state index contributed by atoms with van der Waals surface area (Å²) >= 11 is 0. The Morgan fingerprint density at radius 2 is 1.55 bits per heavy atom. The summed E-state index contributed by atoms with van der Waals surface area (Å²) in [5, 5.41) is -6.12. The van der Waals surface area contributed by atoms with Crippen LogP contribution in [0.2, 0.25) is 0 Å². The molecule has 1 unspecified atom stereocenters. The van der Waals surface area contributed by atoms with E-state index in [0.717, 1.165) is 0 Å². The molecule has 4 nitrogen and oxygen atoms in total. The van der Waals surface area contributed by atoms with Crippen molar-refractivity contribution in [2.24, 2.45) is 7.05 Å². The normalized spacial score (nSPS) is 19.0. The topological polar surface area (TPSA) is 51.1 Å². The number of nitrogens with one attached hydrogen (secondary N) is 1. The summed E-state index contributed by atoms with van der Waals surface area (Å²) in [5.74, 6) is -14.6. The Morgan fingerprint density at radius 3 is 2.13 bits per heavy atom. The van der Waals surface area contributed by atoms with Crippen molar-refractivity contribution in [3.63, 3.8) is 0 Å². The summed E-state index contributed by atoms with van der Waals surface area (Å²) in [4.78, 5) is 0. The van der Waals surface area contributed by atoms with E-state index in [-0.39, 0.29) is 18.5 Å². The number of para-hydroxylation sites is 1. The molecule has 1 aromatic heterocycles. The Morgan fingerprint density at radius 1 is 0.968 bits per heavy atom. The number of halogens is 9. The molecular weight excluding hydrogens is 467 g/mol. The molecule has 14 heteroatoms. The summed E-state index contributed by atoms with van der Waals surface area (Å²) < 4.78 is 145. The maximum atomic E-state index is 14.1. The van der Waals surface area contributed by atoms with Crippen LogP contribution in [0.1, 0.15) is 30.1 Å². The summed E-state index contributed by atoms with van der Waals surface area (Å²) in [6, 6.07) is 5.06. The predicted octanol–water partition coefficient (Wildman–Crippen LogP) is 4.90. The predicted molar refractivity (Wildman–Crippen MR) is 91.5 cm³/mol. The average Bonchev–Trinajstić information content (AvgIpc) is 2.94. The van der Waals surface area contributed by atoms with Gasteiger partial charge in [0.15, 0.2) is 0 Å². The Bertz CT molecular complexity index is 1110. The Balaban J connectivity index is 2.04. The standard InChI is InChI=1S/C17H15F9N2O2S/c1-28-12-8-3-2-5-9(12)10-6-4-7-11(13(10)28)27-31(29,30)17(25,26)15(20,21)14(18,19)16(22,23)24/h2-3,5,8,11,27H,4,6-7H2,1H3. The molecule has 0 saturated carbocycles. The highest BCUT2D eigenvalue weighted by molar-refractivity contribution is 7.90. The smallest absolute Gasteiger partial charge is 0.346 e. The van der Waals surface area contributed by atoms with Crippen molar-refractivity contribution in [1.29, 1.82) is 0 Å². The minimum absolute atomic E-state index is 0.137. The maximum absolute atomic E-state index is 14.1. The first-order chi connectivity index (χ1) is 14.0. The molecule has 0 fully saturated rings. The molecule has 0 saturated heterocycles. The molecule has 1 N–H and O–H groups in total. The summed E-state index contributed by atoms with van der Waals surface area (Å²) in [7, 11) is -5.23. The van der Waals surface area contributed by atoms with Gasteiger partial charge in [0.05, 0.1) is 6.04 Å². The Labute approximate surface area is 170 Å². The molecule has 0 aliphatic heterocycles.